The first-order valence-corrected chi connectivity index (χ1v) is 9.59. The van der Waals surface area contributed by atoms with Gasteiger partial charge in [0.1, 0.15) is 0 Å². The number of piperazine rings is 1. The van der Waals surface area contributed by atoms with Gasteiger partial charge in [-0.3, -0.25) is 9.69 Å². The van der Waals surface area contributed by atoms with Crippen molar-refractivity contribution in [3.63, 3.8) is 0 Å². The third-order valence-corrected chi connectivity index (χ3v) is 5.13. The van der Waals surface area contributed by atoms with Crippen molar-refractivity contribution >= 4 is 40.2 Å². The maximum absolute atomic E-state index is 12.4. The maximum atomic E-state index is 12.4. The molecule has 2 heterocycles. The summed E-state index contributed by atoms with van der Waals surface area (Å²) in [6, 6.07) is 7.65. The molecule has 0 aromatic heterocycles. The van der Waals surface area contributed by atoms with E-state index in [0.29, 0.717) is 45.9 Å². The fraction of sp³-hybridized carbons (Fsp3) is 0.529. The molecule has 0 saturated carbocycles. The quantitative estimate of drug-likeness (QED) is 0.694. The summed E-state index contributed by atoms with van der Waals surface area (Å²) in [6.45, 7) is 5.72. The van der Waals surface area contributed by atoms with Crippen molar-refractivity contribution in [2.24, 2.45) is 0 Å². The number of morpholine rings is 1. The maximum Gasteiger partial charge on any atom is 0.321 e. The predicted molar refractivity (Wildman–Crippen MR) is 104 cm³/mol. The van der Waals surface area contributed by atoms with E-state index in [1.54, 1.807) is 4.90 Å². The highest BCUT2D eigenvalue weighted by Crippen LogP contribution is 2.14. The number of urea groups is 1. The van der Waals surface area contributed by atoms with Gasteiger partial charge in [0.05, 0.1) is 19.8 Å². The van der Waals surface area contributed by atoms with E-state index in [2.05, 4.69) is 32.8 Å². The molecular weight excluding hydrogens is 435 g/mol. The molecule has 25 heavy (non-hydrogen) atoms. The largest absolute Gasteiger partial charge is 0.378 e. The Morgan fingerprint density at radius 3 is 2.44 bits per heavy atom. The van der Waals surface area contributed by atoms with Crippen LogP contribution in [-0.2, 0) is 9.53 Å². The van der Waals surface area contributed by atoms with E-state index in [4.69, 9.17) is 4.74 Å². The van der Waals surface area contributed by atoms with Crippen molar-refractivity contribution < 1.29 is 14.3 Å². The lowest BCUT2D eigenvalue weighted by atomic mass is 10.3. The second-order valence-corrected chi connectivity index (χ2v) is 7.44. The van der Waals surface area contributed by atoms with Gasteiger partial charge >= 0.3 is 6.03 Å². The average Bonchev–Trinajstić information content (AvgIpc) is 2.63. The van der Waals surface area contributed by atoms with Gasteiger partial charge in [0.15, 0.2) is 0 Å². The van der Waals surface area contributed by atoms with Gasteiger partial charge in [-0.25, -0.2) is 4.79 Å². The smallest absolute Gasteiger partial charge is 0.321 e. The summed E-state index contributed by atoms with van der Waals surface area (Å²) in [6.07, 6.45) is 0. The monoisotopic (exact) mass is 458 g/mol. The van der Waals surface area contributed by atoms with Crippen LogP contribution in [-0.4, -0.2) is 85.7 Å². The highest BCUT2D eigenvalue weighted by molar-refractivity contribution is 14.1. The first-order valence-electron chi connectivity index (χ1n) is 8.51. The van der Waals surface area contributed by atoms with Crippen LogP contribution in [0.1, 0.15) is 0 Å². The van der Waals surface area contributed by atoms with Crippen LogP contribution in [0.3, 0.4) is 0 Å². The fourth-order valence-electron chi connectivity index (χ4n) is 2.98. The second kappa shape index (κ2) is 8.81. The lowest BCUT2D eigenvalue weighted by molar-refractivity contribution is -0.136. The average molecular weight is 458 g/mol. The minimum absolute atomic E-state index is 0.0823. The number of carbonyl (C=O) groups excluding carboxylic acids is 2. The lowest BCUT2D eigenvalue weighted by Crippen LogP contribution is -2.53. The van der Waals surface area contributed by atoms with Crippen molar-refractivity contribution in [2.45, 2.75) is 0 Å². The van der Waals surface area contributed by atoms with E-state index in [9.17, 15) is 9.59 Å². The minimum atomic E-state index is -0.0823. The molecule has 1 aromatic rings. The molecule has 0 bridgehead atoms. The number of rotatable bonds is 3. The topological polar surface area (TPSA) is 65.1 Å². The van der Waals surface area contributed by atoms with Crippen molar-refractivity contribution in [2.75, 3.05) is 64.3 Å². The van der Waals surface area contributed by atoms with Gasteiger partial charge in [-0.15, -0.1) is 0 Å². The molecule has 0 radical (unpaired) electrons. The Bertz CT molecular complexity index is 614. The first-order chi connectivity index (χ1) is 12.1. The van der Waals surface area contributed by atoms with Crippen LogP contribution in [0.15, 0.2) is 24.3 Å². The summed E-state index contributed by atoms with van der Waals surface area (Å²) in [5.41, 5.74) is 0.807. The molecule has 136 valence electrons. The predicted octanol–water partition coefficient (Wildman–Crippen LogP) is 1.30. The highest BCUT2D eigenvalue weighted by atomic mass is 127. The molecule has 0 spiro atoms. The Morgan fingerprint density at radius 2 is 1.76 bits per heavy atom. The molecule has 1 N–H and O–H groups in total. The van der Waals surface area contributed by atoms with Gasteiger partial charge in [0.25, 0.3) is 0 Å². The number of amides is 3. The number of ether oxygens (including phenoxy) is 1. The van der Waals surface area contributed by atoms with Crippen LogP contribution < -0.4 is 5.32 Å². The van der Waals surface area contributed by atoms with Crippen LogP contribution in [0.2, 0.25) is 0 Å². The summed E-state index contributed by atoms with van der Waals surface area (Å²) in [7, 11) is 0. The molecule has 2 aliphatic rings. The van der Waals surface area contributed by atoms with E-state index in [1.165, 1.54) is 0 Å². The Kier molecular flexibility index (Phi) is 6.49. The van der Waals surface area contributed by atoms with E-state index < -0.39 is 0 Å². The number of benzene rings is 1. The van der Waals surface area contributed by atoms with Crippen LogP contribution in [0.4, 0.5) is 10.5 Å². The molecule has 1 aromatic carbocycles. The molecule has 3 rings (SSSR count). The van der Waals surface area contributed by atoms with Gasteiger partial charge in [0, 0.05) is 48.5 Å². The number of anilines is 1. The van der Waals surface area contributed by atoms with E-state index in [1.807, 2.05) is 29.2 Å². The number of nitrogens with zero attached hydrogens (tertiary/aromatic N) is 3. The van der Waals surface area contributed by atoms with Gasteiger partial charge in [0.2, 0.25) is 5.91 Å². The summed E-state index contributed by atoms with van der Waals surface area (Å²) in [5.74, 6) is 0.153. The number of nitrogens with one attached hydrogen (secondary N) is 1. The molecule has 8 heteroatoms. The molecule has 2 fully saturated rings. The van der Waals surface area contributed by atoms with Crippen LogP contribution in [0.5, 0.6) is 0 Å². The minimum Gasteiger partial charge on any atom is -0.378 e. The zero-order valence-corrected chi connectivity index (χ0v) is 16.3. The first kappa shape index (κ1) is 18.4. The molecule has 0 aliphatic carbocycles. The molecule has 2 saturated heterocycles. The summed E-state index contributed by atoms with van der Waals surface area (Å²) in [4.78, 5) is 30.4. The van der Waals surface area contributed by atoms with Gasteiger partial charge in [-0.05, 0) is 40.8 Å². The molecule has 0 atom stereocenters. The van der Waals surface area contributed by atoms with Gasteiger partial charge in [-0.1, -0.05) is 6.07 Å². The van der Waals surface area contributed by atoms with E-state index in [-0.39, 0.29) is 11.9 Å². The van der Waals surface area contributed by atoms with Gasteiger partial charge in [-0.2, -0.15) is 0 Å². The molecule has 3 amide bonds. The Hall–Kier alpha value is -1.39. The van der Waals surface area contributed by atoms with Crippen molar-refractivity contribution in [3.8, 4) is 0 Å². The summed E-state index contributed by atoms with van der Waals surface area (Å²) >= 11 is 2.22. The lowest BCUT2D eigenvalue weighted by Gasteiger charge is -2.36. The molecule has 7 nitrogen and oxygen atoms in total. The highest BCUT2D eigenvalue weighted by Gasteiger charge is 2.25. The number of hydrogen-bond donors (Lipinski definition) is 1. The van der Waals surface area contributed by atoms with Crippen molar-refractivity contribution in [1.29, 1.82) is 0 Å². The number of hydrogen-bond acceptors (Lipinski definition) is 4. The van der Waals surface area contributed by atoms with Crippen LogP contribution in [0.25, 0.3) is 0 Å². The Morgan fingerprint density at radius 1 is 1.04 bits per heavy atom. The molecular formula is C17H23IN4O3. The number of carbonyl (C=O) groups is 2. The third-order valence-electron chi connectivity index (χ3n) is 4.46. The van der Waals surface area contributed by atoms with E-state index in [0.717, 1.165) is 22.3 Å². The zero-order valence-electron chi connectivity index (χ0n) is 14.1. The van der Waals surface area contributed by atoms with Gasteiger partial charge < -0.3 is 19.9 Å². The second-order valence-electron chi connectivity index (χ2n) is 6.20. The molecule has 2 aliphatic heterocycles. The van der Waals surface area contributed by atoms with E-state index >= 15 is 0 Å². The normalized spacial score (nSPS) is 18.9. The molecule has 0 unspecified atom stereocenters. The summed E-state index contributed by atoms with van der Waals surface area (Å²) in [5, 5.41) is 2.93. The SMILES string of the molecule is O=C(CN1CCN(C(=O)Nc2cccc(I)c2)CC1)N1CCOCC1. The zero-order chi connectivity index (χ0) is 17.6. The van der Waals surface area contributed by atoms with Crippen LogP contribution >= 0.6 is 22.6 Å². The number of halogens is 1. The summed E-state index contributed by atoms with van der Waals surface area (Å²) < 4.78 is 6.36. The third kappa shape index (κ3) is 5.29. The van der Waals surface area contributed by atoms with Crippen LogP contribution in [0, 0.1) is 3.57 Å². The van der Waals surface area contributed by atoms with Crippen molar-refractivity contribution in [3.05, 3.63) is 27.8 Å². The fourth-order valence-corrected chi connectivity index (χ4v) is 3.52. The standard InChI is InChI=1S/C17H23IN4O3/c18-14-2-1-3-15(12-14)19-17(24)22-6-4-20(5-7-22)13-16(23)21-8-10-25-11-9-21/h1-3,12H,4-11,13H2,(H,19,24). The van der Waals surface area contributed by atoms with Crippen molar-refractivity contribution in [1.82, 2.24) is 14.7 Å². The Balaban J connectivity index is 1.43. The Labute approximate surface area is 161 Å².